The number of hydrogen-bond donors (Lipinski definition) is 1. The topological polar surface area (TPSA) is 90.0 Å². The highest BCUT2D eigenvalue weighted by atomic mass is 16.5. The lowest BCUT2D eigenvalue weighted by Gasteiger charge is -2.37. The Morgan fingerprint density at radius 1 is 1.25 bits per heavy atom. The van der Waals surface area contributed by atoms with E-state index in [9.17, 15) is 4.79 Å². The Balaban J connectivity index is 1.51. The first-order valence-corrected chi connectivity index (χ1v) is 9.20. The molecule has 1 saturated heterocycles. The van der Waals surface area contributed by atoms with Crippen LogP contribution in [0, 0.1) is 5.41 Å². The molecule has 2 aromatic heterocycles. The van der Waals surface area contributed by atoms with Gasteiger partial charge >= 0.3 is 0 Å². The summed E-state index contributed by atoms with van der Waals surface area (Å²) in [5.41, 5.74) is 2.57. The molecule has 7 heteroatoms. The van der Waals surface area contributed by atoms with E-state index < -0.39 is 0 Å². The number of ether oxygens (including phenoxy) is 2. The van der Waals surface area contributed by atoms with Crippen molar-refractivity contribution in [2.45, 2.75) is 19.8 Å². The summed E-state index contributed by atoms with van der Waals surface area (Å²) in [6, 6.07) is 7.90. The van der Waals surface area contributed by atoms with Crippen molar-refractivity contribution in [2.24, 2.45) is 5.41 Å². The molecule has 1 N–H and O–H groups in total. The molecule has 1 aliphatic heterocycles. The number of benzene rings is 1. The molecule has 7 nitrogen and oxygen atoms in total. The van der Waals surface area contributed by atoms with Crippen LogP contribution in [0.1, 0.15) is 30.9 Å². The van der Waals surface area contributed by atoms with Crippen molar-refractivity contribution < 1.29 is 9.47 Å². The van der Waals surface area contributed by atoms with Crippen LogP contribution in [0.2, 0.25) is 0 Å². The fourth-order valence-corrected chi connectivity index (χ4v) is 3.14. The van der Waals surface area contributed by atoms with Gasteiger partial charge in [-0.15, -0.1) is 0 Å². The van der Waals surface area contributed by atoms with Gasteiger partial charge in [0.05, 0.1) is 38.4 Å². The summed E-state index contributed by atoms with van der Waals surface area (Å²) in [6.07, 6.45) is 6.33. The van der Waals surface area contributed by atoms with Crippen molar-refractivity contribution in [3.8, 4) is 17.1 Å². The van der Waals surface area contributed by atoms with Crippen LogP contribution in [0.15, 0.2) is 53.8 Å². The van der Waals surface area contributed by atoms with Gasteiger partial charge in [0.2, 0.25) is 5.43 Å². The van der Waals surface area contributed by atoms with Crippen LogP contribution in [0.4, 0.5) is 0 Å². The van der Waals surface area contributed by atoms with E-state index in [1.165, 1.54) is 6.20 Å². The third kappa shape index (κ3) is 3.80. The fourth-order valence-electron chi connectivity index (χ4n) is 3.14. The van der Waals surface area contributed by atoms with Crippen LogP contribution in [-0.4, -0.2) is 40.0 Å². The molecule has 1 unspecified atom stereocenters. The van der Waals surface area contributed by atoms with Gasteiger partial charge in [-0.25, -0.2) is 9.97 Å². The Morgan fingerprint density at radius 2 is 2.04 bits per heavy atom. The van der Waals surface area contributed by atoms with Crippen molar-refractivity contribution in [3.63, 3.8) is 0 Å². The van der Waals surface area contributed by atoms with Crippen molar-refractivity contribution in [2.75, 3.05) is 19.8 Å². The average Bonchev–Trinajstić information content (AvgIpc) is 2.71. The lowest BCUT2D eigenvalue weighted by molar-refractivity contribution is -0.120. The van der Waals surface area contributed by atoms with Gasteiger partial charge in [0.25, 0.3) is 0 Å². The van der Waals surface area contributed by atoms with Gasteiger partial charge in [-0.3, -0.25) is 9.89 Å². The zero-order valence-corrected chi connectivity index (χ0v) is 15.9. The first-order chi connectivity index (χ1) is 13.5. The molecule has 0 saturated carbocycles. The number of aromatic nitrogens is 4. The van der Waals surface area contributed by atoms with Crippen LogP contribution in [0.5, 0.6) is 5.75 Å². The summed E-state index contributed by atoms with van der Waals surface area (Å²) in [7, 11) is 0. The number of nitrogens with one attached hydrogen (secondary N) is 1. The zero-order chi connectivity index (χ0) is 19.6. The SMILES string of the molecule is CC(c1cccc(-c2ncc(OCC3(C)COC3)cn2)c1)c1c[nH]ncc1=O. The van der Waals surface area contributed by atoms with E-state index in [2.05, 4.69) is 27.1 Å². The van der Waals surface area contributed by atoms with Gasteiger partial charge in [0, 0.05) is 28.7 Å². The standard InChI is InChI=1S/C21H22N4O3/c1-14(18-9-24-25-10-19(18)26)15-4-3-5-16(6-15)20-22-7-17(8-23-20)28-13-21(2)11-27-12-21/h3-10,14H,11-13H2,1-2H3,(H,24,26). The molecule has 3 aromatic rings. The van der Waals surface area contributed by atoms with Gasteiger partial charge < -0.3 is 9.47 Å². The maximum absolute atomic E-state index is 12.1. The van der Waals surface area contributed by atoms with E-state index >= 15 is 0 Å². The summed E-state index contributed by atoms with van der Waals surface area (Å²) >= 11 is 0. The Labute approximate surface area is 162 Å². The highest BCUT2D eigenvalue weighted by Gasteiger charge is 2.34. The maximum atomic E-state index is 12.1. The molecule has 0 amide bonds. The average molecular weight is 378 g/mol. The van der Waals surface area contributed by atoms with Crippen LogP contribution in [0.25, 0.3) is 11.4 Å². The third-order valence-electron chi connectivity index (χ3n) is 4.99. The largest absolute Gasteiger partial charge is 0.490 e. The molecular weight excluding hydrogens is 356 g/mol. The number of rotatable bonds is 6. The fraction of sp³-hybridized carbons (Fsp3) is 0.333. The van der Waals surface area contributed by atoms with Gasteiger partial charge in [0.1, 0.15) is 0 Å². The van der Waals surface area contributed by atoms with Crippen LogP contribution < -0.4 is 10.2 Å². The molecule has 1 aliphatic rings. The summed E-state index contributed by atoms with van der Waals surface area (Å²) < 4.78 is 11.0. The molecule has 1 aromatic carbocycles. The molecule has 0 bridgehead atoms. The minimum absolute atomic E-state index is 0.0697. The lowest BCUT2D eigenvalue weighted by Crippen LogP contribution is -2.44. The van der Waals surface area contributed by atoms with E-state index in [-0.39, 0.29) is 16.8 Å². The normalized spacial score (nSPS) is 16.2. The van der Waals surface area contributed by atoms with E-state index in [1.54, 1.807) is 18.6 Å². The number of H-pyrrole nitrogens is 1. The van der Waals surface area contributed by atoms with E-state index in [0.717, 1.165) is 24.3 Å². The van der Waals surface area contributed by atoms with Crippen LogP contribution >= 0.6 is 0 Å². The van der Waals surface area contributed by atoms with Crippen molar-refractivity contribution in [3.05, 3.63) is 70.4 Å². The van der Waals surface area contributed by atoms with E-state index in [4.69, 9.17) is 9.47 Å². The van der Waals surface area contributed by atoms with Gasteiger partial charge in [-0.05, 0) is 11.6 Å². The predicted molar refractivity (Wildman–Crippen MR) is 104 cm³/mol. The minimum atomic E-state index is -0.0834. The molecule has 0 radical (unpaired) electrons. The highest BCUT2D eigenvalue weighted by Crippen LogP contribution is 2.28. The predicted octanol–water partition coefficient (Wildman–Crippen LogP) is 2.79. The van der Waals surface area contributed by atoms with Crippen molar-refractivity contribution >= 4 is 0 Å². The molecule has 28 heavy (non-hydrogen) atoms. The van der Waals surface area contributed by atoms with Crippen molar-refractivity contribution in [1.82, 2.24) is 20.2 Å². The maximum Gasteiger partial charge on any atom is 0.203 e. The second kappa shape index (κ2) is 7.52. The van der Waals surface area contributed by atoms with E-state index in [0.29, 0.717) is 23.7 Å². The summed E-state index contributed by atoms with van der Waals surface area (Å²) in [5, 5.41) is 6.50. The summed E-state index contributed by atoms with van der Waals surface area (Å²) in [6.45, 7) is 6.15. The second-order valence-corrected chi connectivity index (χ2v) is 7.53. The smallest absolute Gasteiger partial charge is 0.203 e. The molecule has 3 heterocycles. The Bertz CT molecular complexity index is 1010. The first-order valence-electron chi connectivity index (χ1n) is 9.20. The molecular formula is C21H22N4O3. The van der Waals surface area contributed by atoms with Crippen molar-refractivity contribution in [1.29, 1.82) is 0 Å². The molecule has 0 aliphatic carbocycles. The zero-order valence-electron chi connectivity index (χ0n) is 15.9. The first kappa shape index (κ1) is 18.3. The third-order valence-corrected chi connectivity index (χ3v) is 4.99. The van der Waals surface area contributed by atoms with E-state index in [1.807, 2.05) is 31.2 Å². The molecule has 144 valence electrons. The Kier molecular flexibility index (Phi) is 4.92. The molecule has 1 atom stereocenters. The lowest BCUT2D eigenvalue weighted by atomic mass is 9.90. The van der Waals surface area contributed by atoms with Crippen LogP contribution in [-0.2, 0) is 4.74 Å². The van der Waals surface area contributed by atoms with Gasteiger partial charge in [-0.1, -0.05) is 32.0 Å². The molecule has 0 spiro atoms. The molecule has 1 fully saturated rings. The Hall–Kier alpha value is -3.06. The number of aromatic amines is 1. The molecule has 4 rings (SSSR count). The van der Waals surface area contributed by atoms with Gasteiger partial charge in [0.15, 0.2) is 11.6 Å². The minimum Gasteiger partial charge on any atom is -0.490 e. The highest BCUT2D eigenvalue weighted by molar-refractivity contribution is 5.57. The number of hydrogen-bond acceptors (Lipinski definition) is 6. The Morgan fingerprint density at radius 3 is 2.71 bits per heavy atom. The quantitative estimate of drug-likeness (QED) is 0.709. The summed E-state index contributed by atoms with van der Waals surface area (Å²) in [5.74, 6) is 1.19. The second-order valence-electron chi connectivity index (χ2n) is 7.53. The van der Waals surface area contributed by atoms with Crippen LogP contribution in [0.3, 0.4) is 0 Å². The van der Waals surface area contributed by atoms with Gasteiger partial charge in [-0.2, -0.15) is 5.10 Å². The summed E-state index contributed by atoms with van der Waals surface area (Å²) in [4.78, 5) is 20.9. The number of nitrogens with zero attached hydrogens (tertiary/aromatic N) is 3. The monoisotopic (exact) mass is 378 g/mol.